The van der Waals surface area contributed by atoms with E-state index in [9.17, 15) is 4.79 Å². The van der Waals surface area contributed by atoms with Crippen LogP contribution in [0, 0.1) is 0 Å². The van der Waals surface area contributed by atoms with Crippen molar-refractivity contribution in [1.29, 1.82) is 0 Å². The van der Waals surface area contributed by atoms with Gasteiger partial charge in [-0.3, -0.25) is 10.1 Å². The number of nitrogens with zero attached hydrogens (tertiary/aromatic N) is 2. The number of amides is 1. The van der Waals surface area contributed by atoms with Crippen molar-refractivity contribution >= 4 is 40.4 Å². The van der Waals surface area contributed by atoms with Crippen LogP contribution in [0.2, 0.25) is 5.02 Å². The zero-order chi connectivity index (χ0) is 21.7. The summed E-state index contributed by atoms with van der Waals surface area (Å²) < 4.78 is 6.53. The Balaban J connectivity index is 1.53. The number of carbonyl (C=O) groups is 1. The van der Waals surface area contributed by atoms with E-state index in [2.05, 4.69) is 23.5 Å². The molecule has 0 bridgehead atoms. The van der Waals surface area contributed by atoms with E-state index < -0.39 is 5.85 Å². The van der Waals surface area contributed by atoms with Crippen molar-refractivity contribution < 1.29 is 9.53 Å². The van der Waals surface area contributed by atoms with Gasteiger partial charge in [-0.15, -0.1) is 0 Å². The van der Waals surface area contributed by atoms with Crippen LogP contribution in [0.3, 0.4) is 0 Å². The Hall–Kier alpha value is -3.22. The number of hydrazone groups is 1. The molecule has 5 nitrogen and oxygen atoms in total. The largest absolute Gasteiger partial charge is 0.444 e. The highest BCUT2D eigenvalue weighted by molar-refractivity contribution is 8.17. The second kappa shape index (κ2) is 7.43. The van der Waals surface area contributed by atoms with Crippen molar-refractivity contribution in [2.24, 2.45) is 5.10 Å². The first kappa shape index (κ1) is 19.5. The summed E-state index contributed by atoms with van der Waals surface area (Å²) in [7, 11) is 0. The number of thioether (sulfide) groups is 1. The highest BCUT2D eigenvalue weighted by Gasteiger charge is 2.58. The fraction of sp³-hybridized carbons (Fsp3) is 0.120. The van der Waals surface area contributed by atoms with Gasteiger partial charge in [-0.1, -0.05) is 78.3 Å². The van der Waals surface area contributed by atoms with Crippen LogP contribution in [0.25, 0.3) is 6.08 Å². The molecule has 6 rings (SSSR count). The first-order valence-electron chi connectivity index (χ1n) is 10.3. The summed E-state index contributed by atoms with van der Waals surface area (Å²) in [5.74, 6) is -0.484. The van der Waals surface area contributed by atoms with Gasteiger partial charge >= 0.3 is 5.85 Å². The van der Waals surface area contributed by atoms with Gasteiger partial charge in [-0.05, 0) is 41.1 Å². The van der Waals surface area contributed by atoms with Crippen molar-refractivity contribution in [2.45, 2.75) is 18.3 Å². The Kier molecular flexibility index (Phi) is 4.52. The molecule has 158 valence electrons. The summed E-state index contributed by atoms with van der Waals surface area (Å²) in [6, 6.07) is 25.5. The molecule has 3 aromatic rings. The smallest absolute Gasteiger partial charge is 0.314 e. The van der Waals surface area contributed by atoms with Crippen LogP contribution in [0.4, 0.5) is 4.79 Å². The molecular formula is C25H18ClN3O2S. The maximum Gasteiger partial charge on any atom is 0.314 e. The van der Waals surface area contributed by atoms with Crippen LogP contribution < -0.4 is 10.1 Å². The standard InChI is InChI=1S/C25H18ClN3O2S/c26-19-12-6-4-10-17(19)14-23-25(27-24(30)32-23)29-21(18-11-5-7-13-22(18)31-25)15-20(28-29)16-8-2-1-3-9-16/h1-14,21H,15H2,(H,27,30)/b23-14-. The fourth-order valence-corrected chi connectivity index (χ4v) is 5.49. The van der Waals surface area contributed by atoms with E-state index in [1.54, 1.807) is 0 Å². The fourth-order valence-electron chi connectivity index (χ4n) is 4.40. The van der Waals surface area contributed by atoms with Gasteiger partial charge in [0.1, 0.15) is 5.75 Å². The lowest BCUT2D eigenvalue weighted by atomic mass is 9.95. The van der Waals surface area contributed by atoms with Gasteiger partial charge in [0.05, 0.1) is 16.7 Å². The van der Waals surface area contributed by atoms with Gasteiger partial charge in [0.25, 0.3) is 5.24 Å². The van der Waals surface area contributed by atoms with Crippen molar-refractivity contribution in [3.05, 3.63) is 105 Å². The molecule has 7 heteroatoms. The zero-order valence-electron chi connectivity index (χ0n) is 16.9. The number of nitrogens with one attached hydrogen (secondary N) is 1. The summed E-state index contributed by atoms with van der Waals surface area (Å²) in [6.45, 7) is 0. The number of ether oxygens (including phenoxy) is 1. The summed E-state index contributed by atoms with van der Waals surface area (Å²) in [6.07, 6.45) is 2.62. The maximum atomic E-state index is 12.7. The number of para-hydroxylation sites is 1. The first-order chi connectivity index (χ1) is 15.6. The quantitative estimate of drug-likeness (QED) is 0.508. The van der Waals surface area contributed by atoms with Crippen molar-refractivity contribution in [2.75, 3.05) is 0 Å². The molecule has 1 amide bonds. The molecule has 1 N–H and O–H groups in total. The molecule has 3 aromatic carbocycles. The topological polar surface area (TPSA) is 53.9 Å². The number of benzene rings is 3. The lowest BCUT2D eigenvalue weighted by Crippen LogP contribution is -2.61. The Morgan fingerprint density at radius 2 is 1.81 bits per heavy atom. The molecule has 1 saturated heterocycles. The Morgan fingerprint density at radius 1 is 1.06 bits per heavy atom. The molecule has 2 atom stereocenters. The highest BCUT2D eigenvalue weighted by Crippen LogP contribution is 2.52. The summed E-state index contributed by atoms with van der Waals surface area (Å²) in [5, 5.41) is 10.4. The lowest BCUT2D eigenvalue weighted by molar-refractivity contribution is -0.0949. The molecule has 1 spiro atoms. The van der Waals surface area contributed by atoms with Crippen LogP contribution in [-0.2, 0) is 0 Å². The average Bonchev–Trinajstić information content (AvgIpc) is 3.39. The van der Waals surface area contributed by atoms with Crippen LogP contribution in [0.15, 0.2) is 88.9 Å². The van der Waals surface area contributed by atoms with Gasteiger partial charge in [0, 0.05) is 17.0 Å². The molecular weight excluding hydrogens is 442 g/mol. The third-order valence-corrected chi connectivity index (χ3v) is 7.12. The molecule has 0 aliphatic carbocycles. The minimum Gasteiger partial charge on any atom is -0.444 e. The minimum atomic E-state index is -1.23. The highest BCUT2D eigenvalue weighted by atomic mass is 35.5. The van der Waals surface area contributed by atoms with Crippen LogP contribution in [0.1, 0.15) is 29.2 Å². The molecule has 32 heavy (non-hydrogen) atoms. The molecule has 0 radical (unpaired) electrons. The van der Waals surface area contributed by atoms with E-state index in [-0.39, 0.29) is 11.3 Å². The zero-order valence-corrected chi connectivity index (χ0v) is 18.4. The molecule has 2 unspecified atom stereocenters. The van der Waals surface area contributed by atoms with Crippen molar-refractivity contribution in [3.63, 3.8) is 0 Å². The number of carbonyl (C=O) groups excluding carboxylic acids is 1. The van der Waals surface area contributed by atoms with Gasteiger partial charge in [0.15, 0.2) is 0 Å². The van der Waals surface area contributed by atoms with Crippen LogP contribution >= 0.6 is 23.4 Å². The minimum absolute atomic E-state index is 0.0659. The van der Waals surface area contributed by atoms with Gasteiger partial charge in [0.2, 0.25) is 0 Å². The van der Waals surface area contributed by atoms with E-state index >= 15 is 0 Å². The Bertz CT molecular complexity index is 1290. The van der Waals surface area contributed by atoms with Crippen LogP contribution in [0.5, 0.6) is 5.75 Å². The molecule has 3 heterocycles. The average molecular weight is 460 g/mol. The van der Waals surface area contributed by atoms with Gasteiger partial charge < -0.3 is 4.74 Å². The summed E-state index contributed by atoms with van der Waals surface area (Å²) >= 11 is 7.53. The third-order valence-electron chi connectivity index (χ3n) is 5.88. The summed E-state index contributed by atoms with van der Waals surface area (Å²) in [5.41, 5.74) is 3.88. The number of rotatable bonds is 2. The molecule has 0 aromatic heterocycles. The Labute approximate surface area is 194 Å². The number of hydrogen-bond donors (Lipinski definition) is 1. The van der Waals surface area contributed by atoms with Crippen LogP contribution in [-0.4, -0.2) is 21.8 Å². The molecule has 3 aliphatic rings. The van der Waals surface area contributed by atoms with E-state index in [0.29, 0.717) is 16.3 Å². The molecule has 1 fully saturated rings. The predicted octanol–water partition coefficient (Wildman–Crippen LogP) is 6.03. The number of fused-ring (bicyclic) bond motifs is 4. The van der Waals surface area contributed by atoms with Gasteiger partial charge in [-0.2, -0.15) is 5.10 Å². The molecule has 3 aliphatic heterocycles. The predicted molar refractivity (Wildman–Crippen MR) is 128 cm³/mol. The number of hydrogen-bond acceptors (Lipinski definition) is 5. The second-order valence-electron chi connectivity index (χ2n) is 7.81. The molecule has 0 saturated carbocycles. The van der Waals surface area contributed by atoms with Gasteiger partial charge in [-0.25, -0.2) is 5.01 Å². The van der Waals surface area contributed by atoms with E-state index in [4.69, 9.17) is 21.4 Å². The third kappa shape index (κ3) is 3.02. The van der Waals surface area contributed by atoms with E-state index in [1.807, 2.05) is 71.7 Å². The van der Waals surface area contributed by atoms with Crippen molar-refractivity contribution in [1.82, 2.24) is 10.3 Å². The number of halogens is 1. The lowest BCUT2D eigenvalue weighted by Gasteiger charge is -2.45. The maximum absolute atomic E-state index is 12.7. The Morgan fingerprint density at radius 3 is 2.66 bits per heavy atom. The van der Waals surface area contributed by atoms with E-state index in [1.165, 1.54) is 0 Å². The summed E-state index contributed by atoms with van der Waals surface area (Å²) in [4.78, 5) is 13.4. The monoisotopic (exact) mass is 459 g/mol. The van der Waals surface area contributed by atoms with E-state index in [0.717, 1.165) is 39.9 Å². The normalized spacial score (nSPS) is 24.7. The first-order valence-corrected chi connectivity index (χ1v) is 11.5. The van der Waals surface area contributed by atoms with Crippen molar-refractivity contribution in [3.8, 4) is 5.75 Å². The SMILES string of the molecule is O=C1NC2(Oc3ccccc3C3CC(c4ccccc4)=NN32)/C(=C/c2ccccc2Cl)S1. The second-order valence-corrected chi connectivity index (χ2v) is 9.23.